The van der Waals surface area contributed by atoms with Gasteiger partial charge in [0.15, 0.2) is 0 Å². The van der Waals surface area contributed by atoms with Crippen LogP contribution in [0.4, 0.5) is 4.79 Å². The van der Waals surface area contributed by atoms with Crippen LogP contribution in [0.15, 0.2) is 60.7 Å². The third-order valence-electron chi connectivity index (χ3n) is 7.49. The predicted octanol–water partition coefficient (Wildman–Crippen LogP) is 5.20. The third-order valence-corrected chi connectivity index (χ3v) is 7.49. The van der Waals surface area contributed by atoms with Crippen LogP contribution < -0.4 is 10.6 Å². The van der Waals surface area contributed by atoms with Crippen molar-refractivity contribution < 1.29 is 14.4 Å². The monoisotopic (exact) mass is 548 g/mol. The highest BCUT2D eigenvalue weighted by Crippen LogP contribution is 2.20. The summed E-state index contributed by atoms with van der Waals surface area (Å²) >= 11 is 0. The maximum atomic E-state index is 13.3. The summed E-state index contributed by atoms with van der Waals surface area (Å²) in [5, 5.41) is 6.25. The topological polar surface area (TPSA) is 81.8 Å². The Bertz CT molecular complexity index is 1010. The number of carbonyl (C=O) groups is 3. The van der Waals surface area contributed by atoms with Gasteiger partial charge >= 0.3 is 6.03 Å². The molecule has 7 heteroatoms. The Labute approximate surface area is 240 Å². The summed E-state index contributed by atoms with van der Waals surface area (Å²) in [6.45, 7) is 6.84. The first-order chi connectivity index (χ1) is 19.1. The number of piperidine rings is 1. The quantitative estimate of drug-likeness (QED) is 0.383. The molecule has 0 aromatic heterocycles. The van der Waals surface area contributed by atoms with Crippen molar-refractivity contribution in [3.05, 3.63) is 71.8 Å². The second-order valence-corrected chi connectivity index (χ2v) is 12.2. The second-order valence-electron chi connectivity index (χ2n) is 12.2. The summed E-state index contributed by atoms with van der Waals surface area (Å²) in [4.78, 5) is 41.6. The van der Waals surface area contributed by atoms with Crippen LogP contribution in [0.1, 0.15) is 70.4 Å². The lowest BCUT2D eigenvalue weighted by atomic mass is 9.94. The van der Waals surface area contributed by atoms with E-state index in [1.165, 1.54) is 16.0 Å². The molecular weight excluding hydrogens is 500 g/mol. The van der Waals surface area contributed by atoms with Gasteiger partial charge in [0.1, 0.15) is 6.54 Å². The number of amides is 4. The van der Waals surface area contributed by atoms with E-state index in [4.69, 9.17) is 0 Å². The van der Waals surface area contributed by atoms with E-state index < -0.39 is 0 Å². The number of carbonyl (C=O) groups excluding carboxylic acids is 3. The Morgan fingerprint density at radius 1 is 0.875 bits per heavy atom. The fourth-order valence-electron chi connectivity index (χ4n) is 5.18. The predicted molar refractivity (Wildman–Crippen MR) is 161 cm³/mol. The van der Waals surface area contributed by atoms with Gasteiger partial charge in [0.05, 0.1) is 0 Å². The Morgan fingerprint density at radius 2 is 1.38 bits per heavy atom. The highest BCUT2D eigenvalue weighted by molar-refractivity contribution is 5.84. The lowest BCUT2D eigenvalue weighted by Gasteiger charge is -2.33. The zero-order chi connectivity index (χ0) is 29.0. The minimum atomic E-state index is -0.360. The Morgan fingerprint density at radius 3 is 1.85 bits per heavy atom. The molecule has 0 radical (unpaired) electrons. The average Bonchev–Trinajstić information content (AvgIpc) is 2.93. The van der Waals surface area contributed by atoms with Gasteiger partial charge in [-0.1, -0.05) is 60.7 Å². The molecule has 0 aliphatic carbocycles. The van der Waals surface area contributed by atoms with Gasteiger partial charge in [-0.3, -0.25) is 9.59 Å². The van der Waals surface area contributed by atoms with Crippen molar-refractivity contribution in [1.29, 1.82) is 0 Å². The molecule has 3 rings (SSSR count). The van der Waals surface area contributed by atoms with Gasteiger partial charge < -0.3 is 20.4 Å². The van der Waals surface area contributed by atoms with Crippen molar-refractivity contribution in [1.82, 2.24) is 20.4 Å². The Balaban J connectivity index is 1.47. The molecule has 7 nitrogen and oxygen atoms in total. The number of aryl methyl sites for hydroxylation is 2. The smallest absolute Gasteiger partial charge is 0.318 e. The summed E-state index contributed by atoms with van der Waals surface area (Å²) in [6, 6.07) is 20.9. The molecule has 218 valence electrons. The fourth-order valence-corrected chi connectivity index (χ4v) is 5.18. The standard InChI is InChI=1S/C33H48N4O3/c1-33(2,3)35-32(40)36(4)25-30(38)37-23-21-28(22-24-37)31(39)34-29(19-11-17-26-13-7-5-8-14-26)20-12-18-27-15-9-6-10-16-27/h5-10,13-16,28-29H,11-12,17-25H2,1-4H3,(H,34,39)(H,35,40). The van der Waals surface area contributed by atoms with Crippen LogP contribution in [0.3, 0.4) is 0 Å². The lowest BCUT2D eigenvalue weighted by molar-refractivity contribution is -0.136. The summed E-state index contributed by atoms with van der Waals surface area (Å²) in [5.41, 5.74) is 2.30. The summed E-state index contributed by atoms with van der Waals surface area (Å²) < 4.78 is 0. The second kappa shape index (κ2) is 15.4. The van der Waals surface area contributed by atoms with Crippen LogP contribution >= 0.6 is 0 Å². The molecule has 0 saturated carbocycles. The van der Waals surface area contributed by atoms with Crippen molar-refractivity contribution in [3.63, 3.8) is 0 Å². The number of likely N-dealkylation sites (tertiary alicyclic amines) is 1. The SMILES string of the molecule is CN(CC(=O)N1CCC(C(=O)NC(CCCc2ccccc2)CCCc2ccccc2)CC1)C(=O)NC(C)(C)C. The van der Waals surface area contributed by atoms with Gasteiger partial charge in [-0.2, -0.15) is 0 Å². The number of rotatable bonds is 12. The molecule has 1 aliphatic rings. The molecule has 40 heavy (non-hydrogen) atoms. The highest BCUT2D eigenvalue weighted by Gasteiger charge is 2.29. The Kier molecular flexibility index (Phi) is 12.0. The molecule has 4 amide bonds. The van der Waals surface area contributed by atoms with Crippen molar-refractivity contribution in [2.45, 2.75) is 83.7 Å². The van der Waals surface area contributed by atoms with E-state index in [1.54, 1.807) is 11.9 Å². The molecule has 0 atom stereocenters. The maximum absolute atomic E-state index is 13.3. The number of hydrogen-bond acceptors (Lipinski definition) is 3. The molecular formula is C33H48N4O3. The maximum Gasteiger partial charge on any atom is 0.318 e. The van der Waals surface area contributed by atoms with Crippen LogP contribution in [0, 0.1) is 5.92 Å². The van der Waals surface area contributed by atoms with Crippen molar-refractivity contribution in [2.75, 3.05) is 26.7 Å². The number of nitrogens with one attached hydrogen (secondary N) is 2. The third kappa shape index (κ3) is 11.0. The van der Waals surface area contributed by atoms with Gasteiger partial charge in [0.2, 0.25) is 11.8 Å². The molecule has 0 unspecified atom stereocenters. The van der Waals surface area contributed by atoms with Gasteiger partial charge in [-0.15, -0.1) is 0 Å². The van der Waals surface area contributed by atoms with Crippen LogP contribution in [0.5, 0.6) is 0 Å². The van der Waals surface area contributed by atoms with Crippen molar-refractivity contribution in [2.24, 2.45) is 5.92 Å². The zero-order valence-electron chi connectivity index (χ0n) is 24.8. The number of benzene rings is 2. The Hall–Kier alpha value is -3.35. The number of urea groups is 1. The van der Waals surface area contributed by atoms with E-state index in [2.05, 4.69) is 59.2 Å². The first kappa shape index (κ1) is 31.2. The summed E-state index contributed by atoms with van der Waals surface area (Å²) in [5.74, 6) is -0.0555. The molecule has 0 spiro atoms. The van der Waals surface area contributed by atoms with Crippen LogP contribution in [-0.2, 0) is 22.4 Å². The summed E-state index contributed by atoms with van der Waals surface area (Å²) in [6.07, 6.45) is 7.29. The molecule has 1 aliphatic heterocycles. The lowest BCUT2D eigenvalue weighted by Crippen LogP contribution is -2.51. The highest BCUT2D eigenvalue weighted by atomic mass is 16.2. The van der Waals surface area contributed by atoms with Crippen LogP contribution in [0.2, 0.25) is 0 Å². The number of hydrogen-bond donors (Lipinski definition) is 2. The van der Waals surface area contributed by atoms with E-state index in [0.717, 1.165) is 38.5 Å². The largest absolute Gasteiger partial charge is 0.353 e. The summed E-state index contributed by atoms with van der Waals surface area (Å²) in [7, 11) is 1.63. The van der Waals surface area contributed by atoms with E-state index in [0.29, 0.717) is 25.9 Å². The average molecular weight is 549 g/mol. The van der Waals surface area contributed by atoms with E-state index in [9.17, 15) is 14.4 Å². The molecule has 0 bridgehead atoms. The number of likely N-dealkylation sites (N-methyl/N-ethyl adjacent to an activating group) is 1. The molecule has 1 saturated heterocycles. The minimum absolute atomic E-state index is 0.0314. The zero-order valence-corrected chi connectivity index (χ0v) is 24.8. The normalized spacial score (nSPS) is 14.2. The van der Waals surface area contributed by atoms with Gasteiger partial charge in [0, 0.05) is 37.6 Å². The van der Waals surface area contributed by atoms with E-state index >= 15 is 0 Å². The van der Waals surface area contributed by atoms with Gasteiger partial charge in [-0.05, 0) is 83.3 Å². The van der Waals surface area contributed by atoms with Crippen molar-refractivity contribution in [3.8, 4) is 0 Å². The van der Waals surface area contributed by atoms with E-state index in [-0.39, 0.29) is 41.9 Å². The number of nitrogens with zero attached hydrogens (tertiary/aromatic N) is 2. The molecule has 2 aromatic rings. The van der Waals surface area contributed by atoms with Crippen LogP contribution in [-0.4, -0.2) is 65.9 Å². The molecule has 2 aromatic carbocycles. The van der Waals surface area contributed by atoms with Crippen LogP contribution in [0.25, 0.3) is 0 Å². The molecule has 1 heterocycles. The molecule has 1 fully saturated rings. The van der Waals surface area contributed by atoms with Crippen molar-refractivity contribution >= 4 is 17.8 Å². The van der Waals surface area contributed by atoms with Gasteiger partial charge in [0.25, 0.3) is 0 Å². The molecule has 2 N–H and O–H groups in total. The first-order valence-electron chi connectivity index (χ1n) is 14.8. The first-order valence-corrected chi connectivity index (χ1v) is 14.8. The van der Waals surface area contributed by atoms with E-state index in [1.807, 2.05) is 32.9 Å². The fraction of sp³-hybridized carbons (Fsp3) is 0.545. The van der Waals surface area contributed by atoms with Gasteiger partial charge in [-0.25, -0.2) is 4.79 Å². The minimum Gasteiger partial charge on any atom is -0.353 e.